The van der Waals surface area contributed by atoms with Gasteiger partial charge in [0.15, 0.2) is 0 Å². The second-order valence-electron chi connectivity index (χ2n) is 45.6. The van der Waals surface area contributed by atoms with Crippen LogP contribution in [0.4, 0.5) is 51.2 Å². The maximum atomic E-state index is 6.28. The Bertz CT molecular complexity index is 8400. The first kappa shape index (κ1) is 86.2. The van der Waals surface area contributed by atoms with Gasteiger partial charge in [-0.25, -0.2) is 0 Å². The van der Waals surface area contributed by atoms with E-state index in [4.69, 9.17) is 4.42 Å². The summed E-state index contributed by atoms with van der Waals surface area (Å²) in [6.45, 7) is 0. The van der Waals surface area contributed by atoms with Crippen molar-refractivity contribution >= 4 is 115 Å². The van der Waals surface area contributed by atoms with Crippen molar-refractivity contribution < 1.29 is 4.42 Å². The Balaban J connectivity index is 0.0000001000. The van der Waals surface area contributed by atoms with Gasteiger partial charge in [-0.2, -0.15) is 0 Å². The fourth-order valence-electron chi connectivity index (χ4n) is 33.7. The zero-order chi connectivity index (χ0) is 96.3. The summed E-state index contributed by atoms with van der Waals surface area (Å²) in [5, 5.41) is 7.52. The number of anilines is 9. The second-order valence-corrected chi connectivity index (χ2v) is 46.7. The number of hydrogen-bond acceptors (Lipinski definition) is 5. The molecule has 36 rings (SSSR count). The van der Waals surface area contributed by atoms with Crippen LogP contribution in [0.25, 0.3) is 131 Å². The number of nitrogens with zero attached hydrogens (tertiary/aromatic N) is 3. The van der Waals surface area contributed by atoms with Crippen molar-refractivity contribution in [2.24, 2.45) is 71.0 Å². The van der Waals surface area contributed by atoms with E-state index in [9.17, 15) is 0 Å². The van der Waals surface area contributed by atoms with Gasteiger partial charge in [-0.1, -0.05) is 328 Å². The Morgan fingerprint density at radius 1 is 0.184 bits per heavy atom. The minimum absolute atomic E-state index is 0.166. The van der Waals surface area contributed by atoms with E-state index >= 15 is 0 Å². The maximum Gasteiger partial charge on any atom is 0.135 e. The number of rotatable bonds is 13. The summed E-state index contributed by atoms with van der Waals surface area (Å²) in [7, 11) is 0. The Labute approximate surface area is 865 Å². The molecule has 21 aromatic rings. The monoisotopic (exact) mass is 1910 g/mol. The molecule has 0 atom stereocenters. The maximum absolute atomic E-state index is 6.28. The normalized spacial score (nSPS) is 24.4. The Morgan fingerprint density at radius 2 is 0.476 bits per heavy atom. The van der Waals surface area contributed by atoms with Gasteiger partial charge in [0, 0.05) is 98.0 Å². The largest absolute Gasteiger partial charge is 0.456 e. The third-order valence-corrected chi connectivity index (χ3v) is 39.7. The summed E-state index contributed by atoms with van der Waals surface area (Å²) >= 11 is 1.89. The van der Waals surface area contributed by atoms with Crippen molar-refractivity contribution in [3.05, 3.63) is 476 Å². The highest BCUT2D eigenvalue weighted by Gasteiger charge is 2.65. The van der Waals surface area contributed by atoms with E-state index < -0.39 is 0 Å². The average molecular weight is 1910 g/mol. The van der Waals surface area contributed by atoms with Crippen molar-refractivity contribution in [2.75, 3.05) is 14.7 Å². The molecule has 0 amide bonds. The van der Waals surface area contributed by atoms with Crippen molar-refractivity contribution in [1.29, 1.82) is 0 Å². The Hall–Kier alpha value is -15.1. The van der Waals surface area contributed by atoms with Crippen molar-refractivity contribution in [3.8, 4) is 77.9 Å². The lowest BCUT2D eigenvalue weighted by Gasteiger charge is -2.61. The van der Waals surface area contributed by atoms with Crippen LogP contribution in [0.3, 0.4) is 0 Å². The van der Waals surface area contributed by atoms with Gasteiger partial charge >= 0.3 is 0 Å². The minimum Gasteiger partial charge on any atom is -0.456 e. The predicted molar refractivity (Wildman–Crippen MR) is 613 cm³/mol. The number of fused-ring (bicyclic) bond motifs is 16. The molecule has 0 saturated heterocycles. The number of benzene rings is 19. The number of furan rings is 1. The molecule has 2 aromatic heterocycles. The van der Waals surface area contributed by atoms with E-state index in [1.807, 2.05) is 17.4 Å². The van der Waals surface area contributed by atoms with Crippen LogP contribution in [0.5, 0.6) is 0 Å². The molecule has 15 aliphatic rings. The summed E-state index contributed by atoms with van der Waals surface area (Å²) in [5.41, 5.74) is 41.3. The molecular formula is C142H115N3OS. The van der Waals surface area contributed by atoms with Gasteiger partial charge in [-0.15, -0.1) is 11.3 Å². The third-order valence-electron chi connectivity index (χ3n) is 38.5. The fraction of sp³-hybridized carbons (Fsp3) is 0.211. The van der Waals surface area contributed by atoms with Crippen LogP contribution in [0.15, 0.2) is 447 Å². The van der Waals surface area contributed by atoms with Crippen LogP contribution in [0.1, 0.15) is 130 Å². The van der Waals surface area contributed by atoms with Crippen LogP contribution in [-0.4, -0.2) is 0 Å². The van der Waals surface area contributed by atoms with E-state index in [0.717, 1.165) is 104 Å². The van der Waals surface area contributed by atoms with Gasteiger partial charge in [0.25, 0.3) is 0 Å². The zero-order valence-electron chi connectivity index (χ0n) is 82.8. The number of hydrogen-bond donors (Lipinski definition) is 0. The topological polar surface area (TPSA) is 22.9 Å². The SMILES string of the molecule is c1ccc(-c2ccccc2N(c2ccc(-c3cccc4ccccc34)cc2)c2ccc3c(c2)-c2ccccc2C32C3CC4CC(C3)CC2C4)cc1.c1ccc(-c2ccccc2N(c2ccc3c(c2)-c2ccccc2C32C3CC4CC(C3)CC2C4)c2ccc3oc4ccccc4c3c2)cc1.c1ccc(-c2ccccc2N(c2ccc3c(c2)-c2ccccc2C32C3CC4CC(C3)CC2C4)c2ccc3sc4ccccc4c3c2)cc1. The highest BCUT2D eigenvalue weighted by molar-refractivity contribution is 7.25. The molecule has 5 heteroatoms. The molecule has 0 N–H and O–H groups in total. The molecule has 12 fully saturated rings. The van der Waals surface area contributed by atoms with Gasteiger partial charge in [-0.3, -0.25) is 0 Å². The molecule has 0 radical (unpaired) electrons. The first-order chi connectivity index (χ1) is 72.8. The van der Waals surface area contributed by atoms with Crippen LogP contribution in [0, 0.1) is 71.0 Å². The molecule has 12 bridgehead atoms. The van der Waals surface area contributed by atoms with Crippen molar-refractivity contribution in [1.82, 2.24) is 0 Å². The van der Waals surface area contributed by atoms with Crippen molar-refractivity contribution in [2.45, 2.75) is 113 Å². The molecule has 15 aliphatic carbocycles. The van der Waals surface area contributed by atoms with E-state index in [1.165, 1.54) is 245 Å². The van der Waals surface area contributed by atoms with E-state index in [-0.39, 0.29) is 16.2 Å². The van der Waals surface area contributed by atoms with Gasteiger partial charge in [0.05, 0.1) is 17.1 Å². The third kappa shape index (κ3) is 13.3. The second kappa shape index (κ2) is 34.0. The molecule has 2 heterocycles. The molecule has 0 unspecified atom stereocenters. The van der Waals surface area contributed by atoms with Crippen LogP contribution in [0.2, 0.25) is 0 Å². The van der Waals surface area contributed by atoms with Crippen LogP contribution < -0.4 is 14.7 Å². The molecule has 710 valence electrons. The molecule has 4 nitrogen and oxygen atoms in total. The van der Waals surface area contributed by atoms with Crippen LogP contribution in [-0.2, 0) is 16.2 Å². The highest BCUT2D eigenvalue weighted by atomic mass is 32.1. The minimum atomic E-state index is 0.166. The lowest BCUT2D eigenvalue weighted by Crippen LogP contribution is -2.55. The summed E-state index contributed by atoms with van der Waals surface area (Å²) in [6, 6.07) is 166. The van der Waals surface area contributed by atoms with Gasteiger partial charge < -0.3 is 19.1 Å². The summed E-state index contributed by atoms with van der Waals surface area (Å²) in [4.78, 5) is 7.51. The molecule has 147 heavy (non-hydrogen) atoms. The van der Waals surface area contributed by atoms with Gasteiger partial charge in [-0.05, 0) is 388 Å². The fourth-order valence-corrected chi connectivity index (χ4v) is 34.8. The zero-order valence-corrected chi connectivity index (χ0v) is 83.7. The van der Waals surface area contributed by atoms with E-state index in [1.54, 1.807) is 33.4 Å². The molecule has 12 saturated carbocycles. The Kier molecular flexibility index (Phi) is 19.9. The lowest BCUT2D eigenvalue weighted by molar-refractivity contribution is -0.0399. The van der Waals surface area contributed by atoms with Crippen LogP contribution >= 0.6 is 11.3 Å². The summed E-state index contributed by atoms with van der Waals surface area (Å²) in [5.74, 6) is 10.2. The standard InChI is InChI=1S/C50H41N.C46H37NO.C46H37NS/c1-2-11-36(12-3-1)44-16-7-9-20-49(44)51(40-23-21-37(22-24-40)43-18-10-14-35-13-4-5-15-42(35)43)41-25-26-48-46(32-41)45-17-6-8-19-47(45)50(48)38-28-33-27-34(30-38)31-39(50)29-33;2*1-2-10-31(11-3-1)36-12-5-8-16-43(36)47(35-19-21-45-40(28-35)38-14-6-9-17-44(38)48-45)34-18-20-42-39(27-34)37-13-4-7-15-41(37)46(42)32-23-29-22-30(25-32)26-33(46)24-29/h1-26,32-34,38-39H,27-31H2;2*1-21,27-30,32-33H,22-26H2. The van der Waals surface area contributed by atoms with E-state index in [0.29, 0.717) is 0 Å². The van der Waals surface area contributed by atoms with E-state index in [2.05, 4.69) is 451 Å². The quantitative estimate of drug-likeness (QED) is 0.115. The average Bonchev–Trinajstić information content (AvgIpc) is 1.54. The summed E-state index contributed by atoms with van der Waals surface area (Å²) in [6.07, 6.45) is 21.3. The number of para-hydroxylation sites is 4. The summed E-state index contributed by atoms with van der Waals surface area (Å²) < 4.78 is 8.96. The molecular weight excluding hydrogens is 1800 g/mol. The first-order valence-electron chi connectivity index (χ1n) is 54.7. The lowest BCUT2D eigenvalue weighted by atomic mass is 9.43. The number of thiophene rings is 1. The molecule has 19 aromatic carbocycles. The molecule has 3 spiro atoms. The Morgan fingerprint density at radius 3 is 0.918 bits per heavy atom. The predicted octanol–water partition coefficient (Wildman–Crippen LogP) is 38.7. The highest BCUT2D eigenvalue weighted by Crippen LogP contribution is 2.74. The van der Waals surface area contributed by atoms with Gasteiger partial charge in [0.2, 0.25) is 0 Å². The molecule has 0 aliphatic heterocycles. The smallest absolute Gasteiger partial charge is 0.135 e. The van der Waals surface area contributed by atoms with Crippen molar-refractivity contribution in [3.63, 3.8) is 0 Å². The first-order valence-corrected chi connectivity index (χ1v) is 55.6. The van der Waals surface area contributed by atoms with Gasteiger partial charge in [0.1, 0.15) is 11.2 Å².